The average molecular weight is 331 g/mol. The van der Waals surface area contributed by atoms with Gasteiger partial charge in [-0.25, -0.2) is 0 Å². The Morgan fingerprint density at radius 2 is 1.70 bits per heavy atom. The zero-order valence-corrected chi connectivity index (χ0v) is 13.7. The van der Waals surface area contributed by atoms with Crippen molar-refractivity contribution in [1.82, 2.24) is 0 Å². The molecule has 0 radical (unpaired) electrons. The largest absolute Gasteiger partial charge is 0.289 e. The minimum atomic E-state index is 0.0799. The summed E-state index contributed by atoms with van der Waals surface area (Å²) in [6, 6.07) is 13.7. The molecule has 0 heterocycles. The summed E-state index contributed by atoms with van der Waals surface area (Å²) in [5.74, 6) is 0.616. The predicted octanol–water partition coefficient (Wildman–Crippen LogP) is 5.50. The summed E-state index contributed by atoms with van der Waals surface area (Å²) in [5, 5.41) is 0. The van der Waals surface area contributed by atoms with E-state index in [9.17, 15) is 4.79 Å². The summed E-state index contributed by atoms with van der Waals surface area (Å²) in [5.41, 5.74) is 3.85. The van der Waals surface area contributed by atoms with E-state index in [4.69, 9.17) is 0 Å². The van der Waals surface area contributed by atoms with Crippen LogP contribution in [0.2, 0.25) is 0 Å². The molecule has 2 heteroatoms. The minimum absolute atomic E-state index is 0.0799. The van der Waals surface area contributed by atoms with Gasteiger partial charge in [-0.05, 0) is 48.6 Å². The number of benzene rings is 2. The van der Waals surface area contributed by atoms with Crippen molar-refractivity contribution in [3.63, 3.8) is 0 Å². The summed E-state index contributed by atoms with van der Waals surface area (Å²) >= 11 is 3.46. The zero-order chi connectivity index (χ0) is 14.7. The van der Waals surface area contributed by atoms with Gasteiger partial charge in [-0.2, -0.15) is 0 Å². The molecule has 2 rings (SSSR count). The second kappa shape index (κ2) is 6.36. The zero-order valence-electron chi connectivity index (χ0n) is 12.1. The van der Waals surface area contributed by atoms with E-state index in [1.54, 1.807) is 0 Å². The molecular weight excluding hydrogens is 312 g/mol. The fraction of sp³-hybridized carbons (Fsp3) is 0.278. The first-order chi connectivity index (χ1) is 9.52. The van der Waals surface area contributed by atoms with Crippen molar-refractivity contribution < 1.29 is 4.79 Å². The van der Waals surface area contributed by atoms with Crippen LogP contribution in [0.5, 0.6) is 0 Å². The molecule has 2 aromatic rings. The number of rotatable bonds is 4. The Morgan fingerprint density at radius 1 is 1.10 bits per heavy atom. The Bertz CT molecular complexity index is 614. The molecule has 0 saturated carbocycles. The van der Waals surface area contributed by atoms with Crippen LogP contribution in [-0.4, -0.2) is 5.78 Å². The third kappa shape index (κ3) is 3.18. The lowest BCUT2D eigenvalue weighted by atomic mass is 9.95. The maximum Gasteiger partial charge on any atom is 0.193 e. The van der Waals surface area contributed by atoms with Crippen LogP contribution >= 0.6 is 15.9 Å². The first-order valence-electron chi connectivity index (χ1n) is 6.93. The van der Waals surface area contributed by atoms with Crippen molar-refractivity contribution in [2.75, 3.05) is 0 Å². The van der Waals surface area contributed by atoms with Crippen LogP contribution < -0.4 is 0 Å². The van der Waals surface area contributed by atoms with Crippen molar-refractivity contribution in [1.29, 1.82) is 0 Å². The van der Waals surface area contributed by atoms with Crippen LogP contribution in [0.4, 0.5) is 0 Å². The van der Waals surface area contributed by atoms with Gasteiger partial charge in [0.1, 0.15) is 0 Å². The van der Waals surface area contributed by atoms with Crippen molar-refractivity contribution >= 4 is 21.7 Å². The smallest absolute Gasteiger partial charge is 0.193 e. The van der Waals surface area contributed by atoms with Crippen molar-refractivity contribution in [3.8, 4) is 0 Å². The summed E-state index contributed by atoms with van der Waals surface area (Å²) in [7, 11) is 0. The van der Waals surface area contributed by atoms with E-state index in [1.807, 2.05) is 37.3 Å². The Kier molecular flexibility index (Phi) is 4.77. The standard InChI is InChI=1S/C18H19BrO/c1-4-12(2)14-5-7-15(8-6-14)18(20)16-9-10-17(19)13(3)11-16/h5-12H,4H2,1-3H3. The van der Waals surface area contributed by atoms with Gasteiger partial charge >= 0.3 is 0 Å². The monoisotopic (exact) mass is 330 g/mol. The molecule has 0 saturated heterocycles. The maximum atomic E-state index is 12.4. The fourth-order valence-electron chi connectivity index (χ4n) is 2.15. The van der Waals surface area contributed by atoms with Gasteiger partial charge in [0.15, 0.2) is 5.78 Å². The number of hydrogen-bond donors (Lipinski definition) is 0. The number of carbonyl (C=O) groups excluding carboxylic acids is 1. The van der Waals surface area contributed by atoms with E-state index in [1.165, 1.54) is 5.56 Å². The highest BCUT2D eigenvalue weighted by molar-refractivity contribution is 9.10. The molecule has 0 aliphatic heterocycles. The molecule has 20 heavy (non-hydrogen) atoms. The SMILES string of the molecule is CCC(C)c1ccc(C(=O)c2ccc(Br)c(C)c2)cc1. The molecule has 0 spiro atoms. The molecular formula is C18H19BrO. The van der Waals surface area contributed by atoms with Crippen LogP contribution in [0, 0.1) is 6.92 Å². The predicted molar refractivity (Wildman–Crippen MR) is 87.5 cm³/mol. The van der Waals surface area contributed by atoms with Gasteiger partial charge in [-0.1, -0.05) is 54.0 Å². The Balaban J connectivity index is 2.27. The molecule has 104 valence electrons. The Hall–Kier alpha value is -1.41. The number of hydrogen-bond acceptors (Lipinski definition) is 1. The summed E-state index contributed by atoms with van der Waals surface area (Å²) in [6.45, 7) is 6.37. The molecule has 1 nitrogen and oxygen atoms in total. The van der Waals surface area contributed by atoms with E-state index in [2.05, 4.69) is 41.9 Å². The Morgan fingerprint density at radius 3 is 2.25 bits per heavy atom. The number of halogens is 1. The van der Waals surface area contributed by atoms with Gasteiger partial charge in [0.2, 0.25) is 0 Å². The lowest BCUT2D eigenvalue weighted by molar-refractivity contribution is 0.103. The lowest BCUT2D eigenvalue weighted by Crippen LogP contribution is -2.02. The quantitative estimate of drug-likeness (QED) is 0.676. The van der Waals surface area contributed by atoms with Gasteiger partial charge in [-0.3, -0.25) is 4.79 Å². The van der Waals surface area contributed by atoms with Crippen molar-refractivity contribution in [3.05, 3.63) is 69.2 Å². The molecule has 0 N–H and O–H groups in total. The average Bonchev–Trinajstić information content (AvgIpc) is 2.48. The summed E-state index contributed by atoms with van der Waals surface area (Å²) in [6.07, 6.45) is 1.11. The number of ketones is 1. The topological polar surface area (TPSA) is 17.1 Å². The van der Waals surface area contributed by atoms with Crippen molar-refractivity contribution in [2.24, 2.45) is 0 Å². The molecule has 0 aromatic heterocycles. The van der Waals surface area contributed by atoms with Crippen LogP contribution in [0.1, 0.15) is 53.2 Å². The van der Waals surface area contributed by atoms with Crippen LogP contribution in [0.25, 0.3) is 0 Å². The molecule has 0 bridgehead atoms. The number of carbonyl (C=O) groups is 1. The van der Waals surface area contributed by atoms with Gasteiger partial charge < -0.3 is 0 Å². The maximum absolute atomic E-state index is 12.4. The highest BCUT2D eigenvalue weighted by Gasteiger charge is 2.11. The second-order valence-corrected chi connectivity index (χ2v) is 6.08. The van der Waals surface area contributed by atoms with Crippen molar-refractivity contribution in [2.45, 2.75) is 33.1 Å². The lowest BCUT2D eigenvalue weighted by Gasteiger charge is -2.09. The molecule has 0 aliphatic rings. The van der Waals surface area contributed by atoms with E-state index in [0.29, 0.717) is 5.92 Å². The van der Waals surface area contributed by atoms with Crippen LogP contribution in [0.3, 0.4) is 0 Å². The summed E-state index contributed by atoms with van der Waals surface area (Å²) < 4.78 is 1.03. The third-order valence-electron chi connectivity index (χ3n) is 3.77. The van der Waals surface area contributed by atoms with E-state index in [-0.39, 0.29) is 5.78 Å². The fourth-order valence-corrected chi connectivity index (χ4v) is 2.40. The molecule has 0 aliphatic carbocycles. The summed E-state index contributed by atoms with van der Waals surface area (Å²) in [4.78, 5) is 12.4. The highest BCUT2D eigenvalue weighted by atomic mass is 79.9. The third-order valence-corrected chi connectivity index (χ3v) is 4.66. The van der Waals surface area contributed by atoms with E-state index < -0.39 is 0 Å². The molecule has 0 amide bonds. The van der Waals surface area contributed by atoms with Gasteiger partial charge in [0.05, 0.1) is 0 Å². The molecule has 1 unspecified atom stereocenters. The molecule has 2 aromatic carbocycles. The van der Waals surface area contributed by atoms with E-state index >= 15 is 0 Å². The van der Waals surface area contributed by atoms with Crippen LogP contribution in [-0.2, 0) is 0 Å². The Labute approximate surface area is 129 Å². The first kappa shape index (κ1) is 15.0. The van der Waals surface area contributed by atoms with Crippen LogP contribution in [0.15, 0.2) is 46.9 Å². The van der Waals surface area contributed by atoms with E-state index in [0.717, 1.165) is 27.6 Å². The highest BCUT2D eigenvalue weighted by Crippen LogP contribution is 2.22. The van der Waals surface area contributed by atoms with Gasteiger partial charge in [0, 0.05) is 15.6 Å². The normalized spacial score (nSPS) is 12.2. The van der Waals surface area contributed by atoms with Gasteiger partial charge in [-0.15, -0.1) is 0 Å². The van der Waals surface area contributed by atoms with Gasteiger partial charge in [0.25, 0.3) is 0 Å². The molecule has 1 atom stereocenters. The molecule has 0 fully saturated rings. The minimum Gasteiger partial charge on any atom is -0.289 e. The first-order valence-corrected chi connectivity index (χ1v) is 7.73. The second-order valence-electron chi connectivity index (χ2n) is 5.22. The number of aryl methyl sites for hydroxylation is 1.